The number of benzene rings is 2. The third kappa shape index (κ3) is 5.08. The van der Waals surface area contributed by atoms with Gasteiger partial charge >= 0.3 is 5.97 Å². The first-order valence-electron chi connectivity index (χ1n) is 6.84. The number of hydrazine groups is 1. The van der Waals surface area contributed by atoms with Gasteiger partial charge in [0.15, 0.2) is 6.61 Å². The molecular weight excluding hydrogens is 402 g/mol. The maximum Gasteiger partial charge on any atom is 0.344 e. The van der Waals surface area contributed by atoms with Gasteiger partial charge in [0.1, 0.15) is 17.2 Å². The fourth-order valence-electron chi connectivity index (χ4n) is 1.73. The molecule has 2 aromatic carbocycles. The number of ether oxygens (including phenoxy) is 1. The lowest BCUT2D eigenvalue weighted by molar-refractivity contribution is -0.125. The standard InChI is InChI=1S/C16H11BrF2N2O4/c17-10-6-4-9(5-7-10)15(23)21-20-13(22)8-25-16(24)14-11(18)2-1-3-12(14)19/h1-7H,8H2,(H,20,22)(H,21,23). The van der Waals surface area contributed by atoms with E-state index in [1.54, 1.807) is 12.1 Å². The van der Waals surface area contributed by atoms with E-state index in [-0.39, 0.29) is 5.56 Å². The molecule has 0 unspecified atom stereocenters. The summed E-state index contributed by atoms with van der Waals surface area (Å²) >= 11 is 3.22. The largest absolute Gasteiger partial charge is 0.452 e. The Morgan fingerprint density at radius 3 is 2.16 bits per heavy atom. The maximum absolute atomic E-state index is 13.4. The van der Waals surface area contributed by atoms with Crippen LogP contribution in [0.25, 0.3) is 0 Å². The van der Waals surface area contributed by atoms with Crippen LogP contribution in [-0.2, 0) is 9.53 Å². The van der Waals surface area contributed by atoms with Crippen molar-refractivity contribution in [2.24, 2.45) is 0 Å². The molecule has 0 saturated carbocycles. The van der Waals surface area contributed by atoms with Crippen molar-refractivity contribution >= 4 is 33.7 Å². The number of rotatable bonds is 4. The van der Waals surface area contributed by atoms with Gasteiger partial charge in [-0.2, -0.15) is 0 Å². The summed E-state index contributed by atoms with van der Waals surface area (Å²) in [5.74, 6) is -5.00. The third-order valence-electron chi connectivity index (χ3n) is 2.92. The normalized spacial score (nSPS) is 10.0. The van der Waals surface area contributed by atoms with Crippen molar-refractivity contribution in [1.29, 1.82) is 0 Å². The van der Waals surface area contributed by atoms with Gasteiger partial charge in [0.05, 0.1) is 0 Å². The number of carbonyl (C=O) groups is 3. The molecule has 2 aromatic rings. The van der Waals surface area contributed by atoms with E-state index < -0.39 is 41.6 Å². The van der Waals surface area contributed by atoms with Gasteiger partial charge in [0.25, 0.3) is 11.8 Å². The number of carbonyl (C=O) groups excluding carboxylic acids is 3. The molecule has 0 atom stereocenters. The molecule has 130 valence electrons. The molecule has 2 rings (SSSR count). The second-order valence-electron chi connectivity index (χ2n) is 4.68. The Morgan fingerprint density at radius 2 is 1.56 bits per heavy atom. The highest BCUT2D eigenvalue weighted by Gasteiger charge is 2.19. The highest BCUT2D eigenvalue weighted by molar-refractivity contribution is 9.10. The highest BCUT2D eigenvalue weighted by Crippen LogP contribution is 2.13. The Hall–Kier alpha value is -2.81. The van der Waals surface area contributed by atoms with E-state index in [1.165, 1.54) is 12.1 Å². The summed E-state index contributed by atoms with van der Waals surface area (Å²) in [6.45, 7) is -0.826. The van der Waals surface area contributed by atoms with Gasteiger partial charge in [-0.1, -0.05) is 22.0 Å². The molecule has 2 amide bonds. The van der Waals surface area contributed by atoms with E-state index in [0.29, 0.717) is 0 Å². The summed E-state index contributed by atoms with van der Waals surface area (Å²) in [6.07, 6.45) is 0. The van der Waals surface area contributed by atoms with Crippen molar-refractivity contribution in [3.8, 4) is 0 Å². The minimum Gasteiger partial charge on any atom is -0.452 e. The lowest BCUT2D eigenvalue weighted by atomic mass is 10.2. The zero-order valence-electron chi connectivity index (χ0n) is 12.5. The van der Waals surface area contributed by atoms with E-state index in [2.05, 4.69) is 26.1 Å². The van der Waals surface area contributed by atoms with Crippen LogP contribution in [0.2, 0.25) is 0 Å². The fourth-order valence-corrected chi connectivity index (χ4v) is 2.00. The second kappa shape index (κ2) is 8.34. The molecule has 0 fully saturated rings. The number of halogens is 3. The monoisotopic (exact) mass is 412 g/mol. The van der Waals surface area contributed by atoms with E-state index in [0.717, 1.165) is 22.7 Å². The lowest BCUT2D eigenvalue weighted by Crippen LogP contribution is -2.43. The predicted molar refractivity (Wildman–Crippen MR) is 86.4 cm³/mol. The molecule has 0 aliphatic heterocycles. The van der Waals surface area contributed by atoms with E-state index in [9.17, 15) is 23.2 Å². The van der Waals surface area contributed by atoms with Crippen molar-refractivity contribution in [2.45, 2.75) is 0 Å². The molecule has 0 bridgehead atoms. The Bertz CT molecular complexity index is 792. The SMILES string of the molecule is O=C(COC(=O)c1c(F)cccc1F)NNC(=O)c1ccc(Br)cc1. The molecule has 2 N–H and O–H groups in total. The number of nitrogens with one attached hydrogen (secondary N) is 2. The molecule has 0 aromatic heterocycles. The molecule has 25 heavy (non-hydrogen) atoms. The molecule has 0 saturated heterocycles. The van der Waals surface area contributed by atoms with E-state index in [1.807, 2.05) is 5.43 Å². The third-order valence-corrected chi connectivity index (χ3v) is 3.45. The van der Waals surface area contributed by atoms with Gasteiger partial charge in [-0.15, -0.1) is 0 Å². The van der Waals surface area contributed by atoms with Crippen molar-refractivity contribution in [3.63, 3.8) is 0 Å². The fraction of sp³-hybridized carbons (Fsp3) is 0.0625. The average molecular weight is 413 g/mol. The van der Waals surface area contributed by atoms with Gasteiger partial charge in [-0.25, -0.2) is 13.6 Å². The molecule has 0 aliphatic carbocycles. The second-order valence-corrected chi connectivity index (χ2v) is 5.60. The number of hydrogen-bond donors (Lipinski definition) is 2. The summed E-state index contributed by atoms with van der Waals surface area (Å²) in [4.78, 5) is 34.9. The molecule has 9 heteroatoms. The molecule has 0 radical (unpaired) electrons. The Kier molecular flexibility index (Phi) is 6.18. The van der Waals surface area contributed by atoms with Crippen molar-refractivity contribution < 1.29 is 27.9 Å². The summed E-state index contributed by atoms with van der Waals surface area (Å²) in [5.41, 5.74) is 3.52. The molecule has 0 spiro atoms. The minimum atomic E-state index is -1.33. The molecule has 0 aliphatic rings. The van der Waals surface area contributed by atoms with Crippen LogP contribution in [0.1, 0.15) is 20.7 Å². The van der Waals surface area contributed by atoms with E-state index >= 15 is 0 Å². The minimum absolute atomic E-state index is 0.286. The van der Waals surface area contributed by atoms with Gasteiger partial charge in [-0.3, -0.25) is 20.4 Å². The molecule has 6 nitrogen and oxygen atoms in total. The van der Waals surface area contributed by atoms with Gasteiger partial charge in [0.2, 0.25) is 0 Å². The number of amides is 2. The lowest BCUT2D eigenvalue weighted by Gasteiger charge is -2.09. The van der Waals surface area contributed by atoms with Crippen LogP contribution in [0, 0.1) is 11.6 Å². The summed E-state index contributed by atoms with van der Waals surface area (Å²) in [7, 11) is 0. The topological polar surface area (TPSA) is 84.5 Å². The Labute approximate surface area is 149 Å². The maximum atomic E-state index is 13.4. The van der Waals surface area contributed by atoms with Crippen molar-refractivity contribution in [1.82, 2.24) is 10.9 Å². The Morgan fingerprint density at radius 1 is 0.960 bits per heavy atom. The van der Waals surface area contributed by atoms with Gasteiger partial charge in [0, 0.05) is 10.0 Å². The van der Waals surface area contributed by atoms with Crippen LogP contribution in [0.4, 0.5) is 8.78 Å². The highest BCUT2D eigenvalue weighted by atomic mass is 79.9. The number of esters is 1. The van der Waals surface area contributed by atoms with Crippen LogP contribution in [0.15, 0.2) is 46.9 Å². The molecule has 0 heterocycles. The summed E-state index contributed by atoms with van der Waals surface area (Å²) in [5, 5.41) is 0. The van der Waals surface area contributed by atoms with Gasteiger partial charge in [-0.05, 0) is 36.4 Å². The van der Waals surface area contributed by atoms with Crippen LogP contribution >= 0.6 is 15.9 Å². The Balaban J connectivity index is 1.83. The first-order valence-corrected chi connectivity index (χ1v) is 7.63. The molecular formula is C16H11BrF2N2O4. The number of hydrogen-bond acceptors (Lipinski definition) is 4. The first-order chi connectivity index (χ1) is 11.9. The predicted octanol–water partition coefficient (Wildman–Crippen LogP) is 2.35. The summed E-state index contributed by atoms with van der Waals surface area (Å²) in [6, 6.07) is 9.18. The zero-order chi connectivity index (χ0) is 18.4. The van der Waals surface area contributed by atoms with Gasteiger partial charge < -0.3 is 4.74 Å². The van der Waals surface area contributed by atoms with Crippen molar-refractivity contribution in [3.05, 3.63) is 69.7 Å². The quantitative estimate of drug-likeness (QED) is 0.596. The zero-order valence-corrected chi connectivity index (χ0v) is 14.1. The smallest absolute Gasteiger partial charge is 0.344 e. The van der Waals surface area contributed by atoms with E-state index in [4.69, 9.17) is 0 Å². The van der Waals surface area contributed by atoms with Crippen LogP contribution < -0.4 is 10.9 Å². The average Bonchev–Trinajstić information content (AvgIpc) is 2.58. The first kappa shape index (κ1) is 18.5. The van der Waals surface area contributed by atoms with Crippen LogP contribution in [-0.4, -0.2) is 24.4 Å². The summed E-state index contributed by atoms with van der Waals surface area (Å²) < 4.78 is 32.1. The van der Waals surface area contributed by atoms with Crippen LogP contribution in [0.3, 0.4) is 0 Å². The van der Waals surface area contributed by atoms with Crippen LogP contribution in [0.5, 0.6) is 0 Å². The van der Waals surface area contributed by atoms with Crippen molar-refractivity contribution in [2.75, 3.05) is 6.61 Å².